The third-order valence-corrected chi connectivity index (χ3v) is 3.01. The van der Waals surface area contributed by atoms with Crippen molar-refractivity contribution in [3.63, 3.8) is 0 Å². The van der Waals surface area contributed by atoms with Gasteiger partial charge in [-0.15, -0.1) is 0 Å². The van der Waals surface area contributed by atoms with Gasteiger partial charge in [0.1, 0.15) is 0 Å². The molecule has 21 heavy (non-hydrogen) atoms. The maximum atomic E-state index is 12.7. The molecule has 0 aliphatic heterocycles. The minimum absolute atomic E-state index is 0.0279. The van der Waals surface area contributed by atoms with Crippen LogP contribution in [0.2, 0.25) is 0 Å². The third-order valence-electron chi connectivity index (χ3n) is 2.14. The van der Waals surface area contributed by atoms with E-state index in [9.17, 15) is 26.8 Å². The van der Waals surface area contributed by atoms with Gasteiger partial charge in [0.15, 0.2) is 6.61 Å². The second-order valence-electron chi connectivity index (χ2n) is 4.15. The van der Waals surface area contributed by atoms with Gasteiger partial charge in [-0.2, -0.15) is 17.2 Å². The van der Waals surface area contributed by atoms with Gasteiger partial charge >= 0.3 is 27.3 Å². The van der Waals surface area contributed by atoms with Crippen LogP contribution in [0.25, 0.3) is 0 Å². The highest BCUT2D eigenvalue weighted by Gasteiger charge is 2.45. The molecule has 0 saturated carbocycles. The summed E-state index contributed by atoms with van der Waals surface area (Å²) in [5, 5.41) is -4.54. The van der Waals surface area contributed by atoms with Gasteiger partial charge in [0.25, 0.3) is 0 Å². The maximum absolute atomic E-state index is 12.7. The first-order chi connectivity index (χ1) is 9.47. The molecule has 0 aromatic carbocycles. The quantitative estimate of drug-likeness (QED) is 0.294. The monoisotopic (exact) mass is 330 g/mol. The van der Waals surface area contributed by atoms with Crippen molar-refractivity contribution in [2.45, 2.75) is 31.4 Å². The van der Waals surface area contributed by atoms with Crippen LogP contribution in [0.5, 0.6) is 0 Å². The van der Waals surface area contributed by atoms with E-state index in [0.29, 0.717) is 6.42 Å². The number of halogens is 2. The van der Waals surface area contributed by atoms with E-state index in [0.717, 1.165) is 0 Å². The molecule has 0 rings (SSSR count). The fourth-order valence-corrected chi connectivity index (χ4v) is 1.18. The molecular formula is C11H16F2O7S. The second-order valence-corrected chi connectivity index (χ2v) is 5.69. The van der Waals surface area contributed by atoms with E-state index in [4.69, 9.17) is 9.29 Å². The van der Waals surface area contributed by atoms with Crippen molar-refractivity contribution in [3.05, 3.63) is 12.2 Å². The van der Waals surface area contributed by atoms with E-state index < -0.39 is 33.9 Å². The largest absolute Gasteiger partial charge is 0.462 e. The normalized spacial score (nSPS) is 11.8. The Hall–Kier alpha value is -1.55. The summed E-state index contributed by atoms with van der Waals surface area (Å²) in [7, 11) is -5.62. The first-order valence-electron chi connectivity index (χ1n) is 5.80. The smallest absolute Gasteiger partial charge is 0.402 e. The molecule has 0 amide bonds. The number of rotatable bonds is 9. The summed E-state index contributed by atoms with van der Waals surface area (Å²) in [5.74, 6) is -1.63. The Bertz CT molecular complexity index is 499. The zero-order valence-corrected chi connectivity index (χ0v) is 12.1. The lowest BCUT2D eigenvalue weighted by molar-refractivity contribution is -0.149. The van der Waals surface area contributed by atoms with E-state index in [1.807, 2.05) is 0 Å². The number of carbonyl (C=O) groups is 2. The van der Waals surface area contributed by atoms with Crippen molar-refractivity contribution in [2.24, 2.45) is 0 Å². The lowest BCUT2D eigenvalue weighted by Gasteiger charge is -2.12. The van der Waals surface area contributed by atoms with Crippen LogP contribution in [-0.2, 0) is 29.2 Å². The van der Waals surface area contributed by atoms with E-state index in [1.165, 1.54) is 6.92 Å². The Morgan fingerprint density at radius 2 is 1.81 bits per heavy atom. The fourth-order valence-electron chi connectivity index (χ4n) is 0.971. The molecule has 0 aliphatic carbocycles. The molecule has 0 atom stereocenters. The van der Waals surface area contributed by atoms with Gasteiger partial charge in [-0.3, -0.25) is 9.35 Å². The number of ether oxygens (including phenoxy) is 2. The number of carbonyl (C=O) groups excluding carboxylic acids is 2. The van der Waals surface area contributed by atoms with Gasteiger partial charge in [-0.05, 0) is 19.8 Å². The number of hydrogen-bond acceptors (Lipinski definition) is 6. The summed E-state index contributed by atoms with van der Waals surface area (Å²) in [6.45, 7) is 3.10. The molecule has 0 fully saturated rings. The third kappa shape index (κ3) is 7.71. The fraction of sp³-hybridized carbons (Fsp3) is 0.636. The number of hydrogen-bond donors (Lipinski definition) is 1. The Balaban J connectivity index is 3.88. The summed E-state index contributed by atoms with van der Waals surface area (Å²) < 4.78 is 62.9. The van der Waals surface area contributed by atoms with Crippen molar-refractivity contribution < 1.29 is 40.8 Å². The number of alkyl halides is 2. The first kappa shape index (κ1) is 19.4. The highest BCUT2D eigenvalue weighted by Crippen LogP contribution is 2.20. The SMILES string of the molecule is C=C(C)C(=O)OCCCCC(=O)OCC(F)(F)S(=O)(=O)O. The van der Waals surface area contributed by atoms with Crippen molar-refractivity contribution in [2.75, 3.05) is 13.2 Å². The van der Waals surface area contributed by atoms with Crippen LogP contribution in [0, 0.1) is 0 Å². The van der Waals surface area contributed by atoms with Crippen LogP contribution >= 0.6 is 0 Å². The summed E-state index contributed by atoms with van der Waals surface area (Å²) in [4.78, 5) is 22.0. The molecule has 0 radical (unpaired) electrons. The molecule has 0 aliphatic rings. The van der Waals surface area contributed by atoms with Crippen LogP contribution < -0.4 is 0 Å². The zero-order chi connectivity index (χ0) is 16.7. The average molecular weight is 330 g/mol. The Morgan fingerprint density at radius 3 is 2.29 bits per heavy atom. The summed E-state index contributed by atoms with van der Waals surface area (Å²) in [6, 6.07) is 0. The van der Waals surface area contributed by atoms with Crippen LogP contribution in [0.3, 0.4) is 0 Å². The van der Waals surface area contributed by atoms with Gasteiger partial charge in [0.05, 0.1) is 6.61 Å². The Labute approximate surface area is 120 Å². The standard InChI is InChI=1S/C11H16F2O7S/c1-8(2)10(15)19-6-4-3-5-9(14)20-7-11(12,13)21(16,17)18/h1,3-7H2,2H3,(H,16,17,18). The molecule has 0 unspecified atom stereocenters. The molecule has 0 saturated heterocycles. The molecule has 0 spiro atoms. The van der Waals surface area contributed by atoms with Gasteiger partial charge in [0, 0.05) is 12.0 Å². The highest BCUT2D eigenvalue weighted by molar-refractivity contribution is 7.86. The molecule has 7 nitrogen and oxygen atoms in total. The van der Waals surface area contributed by atoms with Crippen LogP contribution in [-0.4, -0.2) is 43.4 Å². The maximum Gasteiger partial charge on any atom is 0.402 e. The van der Waals surface area contributed by atoms with Crippen LogP contribution in [0.4, 0.5) is 8.78 Å². The van der Waals surface area contributed by atoms with Crippen LogP contribution in [0.1, 0.15) is 26.2 Å². The minimum atomic E-state index is -5.62. The van der Waals surface area contributed by atoms with Crippen molar-refractivity contribution >= 4 is 22.1 Å². The van der Waals surface area contributed by atoms with Gasteiger partial charge in [-0.25, -0.2) is 4.79 Å². The topological polar surface area (TPSA) is 107 Å². The zero-order valence-electron chi connectivity index (χ0n) is 11.3. The minimum Gasteiger partial charge on any atom is -0.462 e. The van der Waals surface area contributed by atoms with E-state index >= 15 is 0 Å². The molecule has 0 aromatic rings. The predicted octanol–water partition coefficient (Wildman–Crippen LogP) is 1.30. The summed E-state index contributed by atoms with van der Waals surface area (Å²) in [5.41, 5.74) is 0.224. The first-order valence-corrected chi connectivity index (χ1v) is 7.24. The summed E-state index contributed by atoms with van der Waals surface area (Å²) >= 11 is 0. The highest BCUT2D eigenvalue weighted by atomic mass is 32.2. The average Bonchev–Trinajstić information content (AvgIpc) is 2.34. The number of unbranched alkanes of at least 4 members (excludes halogenated alkanes) is 1. The molecule has 1 N–H and O–H groups in total. The van der Waals surface area contributed by atoms with Crippen molar-refractivity contribution in [3.8, 4) is 0 Å². The lowest BCUT2D eigenvalue weighted by Crippen LogP contribution is -2.34. The van der Waals surface area contributed by atoms with E-state index in [-0.39, 0.29) is 25.0 Å². The van der Waals surface area contributed by atoms with Gasteiger partial charge < -0.3 is 9.47 Å². The van der Waals surface area contributed by atoms with E-state index in [1.54, 1.807) is 0 Å². The van der Waals surface area contributed by atoms with Gasteiger partial charge in [0.2, 0.25) is 0 Å². The van der Waals surface area contributed by atoms with Gasteiger partial charge in [-0.1, -0.05) is 6.58 Å². The molecule has 122 valence electrons. The van der Waals surface area contributed by atoms with Crippen molar-refractivity contribution in [1.82, 2.24) is 0 Å². The predicted molar refractivity (Wildman–Crippen MR) is 67.1 cm³/mol. The molecule has 0 aromatic heterocycles. The molecule has 0 heterocycles. The Kier molecular flexibility index (Phi) is 7.44. The second kappa shape index (κ2) is 8.03. The van der Waals surface area contributed by atoms with E-state index in [2.05, 4.69) is 11.3 Å². The summed E-state index contributed by atoms with van der Waals surface area (Å²) in [6.07, 6.45) is 0.231. The molecule has 0 bridgehead atoms. The lowest BCUT2D eigenvalue weighted by atomic mass is 10.2. The molecular weight excluding hydrogens is 314 g/mol. The van der Waals surface area contributed by atoms with Crippen LogP contribution in [0.15, 0.2) is 12.2 Å². The van der Waals surface area contributed by atoms with Crippen molar-refractivity contribution in [1.29, 1.82) is 0 Å². The number of esters is 2. The molecule has 10 heteroatoms. The Morgan fingerprint density at radius 1 is 1.24 bits per heavy atom.